The fourth-order valence-electron chi connectivity index (χ4n) is 2.88. The Morgan fingerprint density at radius 2 is 1.91 bits per heavy atom. The van der Waals surface area contributed by atoms with E-state index in [1.54, 1.807) is 0 Å². The summed E-state index contributed by atoms with van der Waals surface area (Å²) in [6.45, 7) is 2.90. The van der Waals surface area contributed by atoms with Gasteiger partial charge in [0, 0.05) is 17.0 Å². The molecule has 1 aliphatic carbocycles. The Labute approximate surface area is 142 Å². The van der Waals surface area contributed by atoms with Crippen molar-refractivity contribution in [3.05, 3.63) is 46.4 Å². The zero-order valence-electron chi connectivity index (χ0n) is 14.0. The smallest absolute Gasteiger partial charge is 0.248 e. The van der Waals surface area contributed by atoms with Gasteiger partial charge in [0.2, 0.25) is 5.91 Å². The molecule has 0 spiro atoms. The van der Waals surface area contributed by atoms with E-state index in [1.807, 2.05) is 30.3 Å². The summed E-state index contributed by atoms with van der Waals surface area (Å²) in [5.74, 6) is 0.499. The van der Waals surface area contributed by atoms with Gasteiger partial charge in [-0.2, -0.15) is 0 Å². The Morgan fingerprint density at radius 1 is 1.13 bits per heavy atom. The number of amides is 1. The molecule has 0 heterocycles. The monoisotopic (exact) mass is 333 g/mol. The van der Waals surface area contributed by atoms with Crippen molar-refractivity contribution in [2.24, 2.45) is 0 Å². The lowest BCUT2D eigenvalue weighted by Crippen LogP contribution is -2.26. The summed E-state index contributed by atoms with van der Waals surface area (Å²) in [6.07, 6.45) is 7.08. The summed E-state index contributed by atoms with van der Waals surface area (Å²) >= 11 is 0. The SMILES string of the molecule is CCCCCCNC(=O)C1=C(S(=O)Cc2ccccc2)CCC1. The first-order chi connectivity index (χ1) is 11.2. The van der Waals surface area contributed by atoms with Crippen molar-refractivity contribution in [3.63, 3.8) is 0 Å². The molecule has 3 nitrogen and oxygen atoms in total. The molecule has 0 bridgehead atoms. The topological polar surface area (TPSA) is 46.2 Å². The number of rotatable bonds is 9. The summed E-state index contributed by atoms with van der Waals surface area (Å²) in [7, 11) is -1.09. The van der Waals surface area contributed by atoms with Gasteiger partial charge in [0.1, 0.15) is 0 Å². The van der Waals surface area contributed by atoms with E-state index < -0.39 is 10.8 Å². The molecule has 2 rings (SSSR count). The summed E-state index contributed by atoms with van der Waals surface area (Å²) in [5.41, 5.74) is 1.83. The molecule has 0 saturated carbocycles. The number of hydrogen-bond donors (Lipinski definition) is 1. The van der Waals surface area contributed by atoms with Crippen molar-refractivity contribution in [3.8, 4) is 0 Å². The van der Waals surface area contributed by atoms with Crippen LogP contribution in [0.4, 0.5) is 0 Å². The first kappa shape index (κ1) is 17.9. The van der Waals surface area contributed by atoms with Crippen LogP contribution in [0.25, 0.3) is 0 Å². The van der Waals surface area contributed by atoms with Crippen molar-refractivity contribution in [1.82, 2.24) is 5.32 Å². The third kappa shape index (κ3) is 5.61. The van der Waals surface area contributed by atoms with E-state index in [-0.39, 0.29) is 5.91 Å². The highest BCUT2D eigenvalue weighted by Crippen LogP contribution is 2.30. The van der Waals surface area contributed by atoms with Crippen LogP contribution in [0, 0.1) is 0 Å². The molecule has 0 saturated heterocycles. The van der Waals surface area contributed by atoms with Crippen LogP contribution in [0.5, 0.6) is 0 Å². The molecule has 1 amide bonds. The Morgan fingerprint density at radius 3 is 2.65 bits per heavy atom. The van der Waals surface area contributed by atoms with E-state index in [2.05, 4.69) is 12.2 Å². The predicted octanol–water partition coefficient (Wildman–Crippen LogP) is 4.07. The first-order valence-corrected chi connectivity index (χ1v) is 9.96. The lowest BCUT2D eigenvalue weighted by atomic mass is 10.2. The molecule has 1 N–H and O–H groups in total. The van der Waals surface area contributed by atoms with Crippen LogP contribution in [-0.2, 0) is 21.3 Å². The number of nitrogens with one attached hydrogen (secondary N) is 1. The van der Waals surface area contributed by atoms with Gasteiger partial charge in [0.05, 0.1) is 16.6 Å². The highest BCUT2D eigenvalue weighted by Gasteiger charge is 2.24. The molecule has 0 aromatic heterocycles. The number of allylic oxidation sites excluding steroid dienone is 1. The first-order valence-electron chi connectivity index (χ1n) is 8.65. The number of hydrogen-bond acceptors (Lipinski definition) is 2. The molecular formula is C19H27NO2S. The van der Waals surface area contributed by atoms with Gasteiger partial charge in [-0.15, -0.1) is 0 Å². The molecule has 126 valence electrons. The van der Waals surface area contributed by atoms with E-state index in [0.29, 0.717) is 5.75 Å². The average molecular weight is 333 g/mol. The van der Waals surface area contributed by atoms with E-state index in [1.165, 1.54) is 12.8 Å². The van der Waals surface area contributed by atoms with Crippen LogP contribution in [0.2, 0.25) is 0 Å². The molecular weight excluding hydrogens is 306 g/mol. The average Bonchev–Trinajstić information content (AvgIpc) is 3.05. The molecule has 1 aliphatic rings. The van der Waals surface area contributed by atoms with Gasteiger partial charge in [0.15, 0.2) is 0 Å². The van der Waals surface area contributed by atoms with E-state index in [4.69, 9.17) is 0 Å². The standard InChI is InChI=1S/C19H27NO2S/c1-2-3-4-8-14-20-19(21)17-12-9-13-18(17)23(22)15-16-10-6-5-7-11-16/h5-7,10-11H,2-4,8-9,12-15H2,1H3,(H,20,21). The molecule has 0 radical (unpaired) electrons. The summed E-state index contributed by atoms with van der Waals surface area (Å²) in [4.78, 5) is 13.2. The molecule has 23 heavy (non-hydrogen) atoms. The van der Waals surface area contributed by atoms with Crippen molar-refractivity contribution < 1.29 is 9.00 Å². The number of carbonyl (C=O) groups is 1. The molecule has 1 aromatic rings. The van der Waals surface area contributed by atoms with Crippen molar-refractivity contribution >= 4 is 16.7 Å². The quantitative estimate of drug-likeness (QED) is 0.692. The molecule has 0 fully saturated rings. The summed E-state index contributed by atoms with van der Waals surface area (Å²) < 4.78 is 12.6. The van der Waals surface area contributed by atoms with Crippen molar-refractivity contribution in [2.45, 2.75) is 57.6 Å². The number of carbonyl (C=O) groups excluding carboxylic acids is 1. The van der Waals surface area contributed by atoms with Gasteiger partial charge >= 0.3 is 0 Å². The van der Waals surface area contributed by atoms with Gasteiger partial charge in [0.25, 0.3) is 0 Å². The molecule has 0 aliphatic heterocycles. The maximum Gasteiger partial charge on any atom is 0.248 e. The second-order valence-corrected chi connectivity index (χ2v) is 7.52. The Bertz CT molecular complexity index is 566. The van der Waals surface area contributed by atoms with Crippen LogP contribution in [0.1, 0.15) is 57.4 Å². The Kier molecular flexibility index (Phi) is 7.53. The van der Waals surface area contributed by atoms with E-state index >= 15 is 0 Å². The van der Waals surface area contributed by atoms with Crippen LogP contribution in [0.15, 0.2) is 40.8 Å². The second-order valence-electron chi connectivity index (χ2n) is 6.05. The molecule has 1 aromatic carbocycles. The van der Waals surface area contributed by atoms with Gasteiger partial charge in [-0.25, -0.2) is 0 Å². The predicted molar refractivity (Wildman–Crippen MR) is 96.3 cm³/mol. The minimum atomic E-state index is -1.09. The summed E-state index contributed by atoms with van der Waals surface area (Å²) in [6, 6.07) is 9.85. The maximum atomic E-state index is 12.6. The largest absolute Gasteiger partial charge is 0.352 e. The van der Waals surface area contributed by atoms with Gasteiger partial charge in [-0.3, -0.25) is 9.00 Å². The third-order valence-corrected chi connectivity index (χ3v) is 5.77. The number of benzene rings is 1. The Hall–Kier alpha value is -1.42. The van der Waals surface area contributed by atoms with Crippen LogP contribution < -0.4 is 5.32 Å². The van der Waals surface area contributed by atoms with Gasteiger partial charge < -0.3 is 5.32 Å². The van der Waals surface area contributed by atoms with Crippen LogP contribution >= 0.6 is 0 Å². The van der Waals surface area contributed by atoms with Gasteiger partial charge in [-0.05, 0) is 31.2 Å². The van der Waals surface area contributed by atoms with E-state index in [0.717, 1.165) is 54.7 Å². The Balaban J connectivity index is 1.91. The molecule has 4 heteroatoms. The highest BCUT2D eigenvalue weighted by molar-refractivity contribution is 7.88. The fourth-order valence-corrected chi connectivity index (χ4v) is 4.39. The summed E-state index contributed by atoms with van der Waals surface area (Å²) in [5, 5.41) is 3.00. The number of unbranched alkanes of at least 4 members (excludes halogenated alkanes) is 3. The second kappa shape index (κ2) is 9.66. The minimum absolute atomic E-state index is 0.00425. The van der Waals surface area contributed by atoms with Crippen molar-refractivity contribution in [2.75, 3.05) is 6.54 Å². The fraction of sp³-hybridized carbons (Fsp3) is 0.526. The maximum absolute atomic E-state index is 12.6. The normalized spacial score (nSPS) is 15.7. The van der Waals surface area contributed by atoms with Crippen molar-refractivity contribution in [1.29, 1.82) is 0 Å². The molecule has 1 unspecified atom stereocenters. The zero-order chi connectivity index (χ0) is 16.5. The van der Waals surface area contributed by atoms with E-state index in [9.17, 15) is 9.00 Å². The lowest BCUT2D eigenvalue weighted by molar-refractivity contribution is -0.117. The zero-order valence-corrected chi connectivity index (χ0v) is 14.8. The van der Waals surface area contributed by atoms with Crippen LogP contribution in [-0.4, -0.2) is 16.7 Å². The van der Waals surface area contributed by atoms with Crippen LogP contribution in [0.3, 0.4) is 0 Å². The highest BCUT2D eigenvalue weighted by atomic mass is 32.2. The molecule has 1 atom stereocenters. The minimum Gasteiger partial charge on any atom is -0.352 e. The van der Waals surface area contributed by atoms with Gasteiger partial charge in [-0.1, -0.05) is 56.5 Å². The third-order valence-electron chi connectivity index (χ3n) is 4.17. The lowest BCUT2D eigenvalue weighted by Gasteiger charge is -2.09.